The molecule has 1 atom stereocenters. The van der Waals surface area contributed by atoms with Gasteiger partial charge in [-0.25, -0.2) is 0 Å². The molecule has 1 amide bonds. The Bertz CT molecular complexity index is 589. The molecule has 0 bridgehead atoms. The summed E-state index contributed by atoms with van der Waals surface area (Å²) in [6.45, 7) is 4.12. The van der Waals surface area contributed by atoms with E-state index >= 15 is 0 Å². The fourth-order valence-electron chi connectivity index (χ4n) is 2.04. The van der Waals surface area contributed by atoms with E-state index in [1.54, 1.807) is 4.90 Å². The number of halogens is 1. The molecule has 1 unspecified atom stereocenters. The van der Waals surface area contributed by atoms with Crippen molar-refractivity contribution in [3.05, 3.63) is 68.8 Å². The van der Waals surface area contributed by atoms with E-state index in [2.05, 4.69) is 60.7 Å². The summed E-state index contributed by atoms with van der Waals surface area (Å²) in [5.74, 6) is 0.0504. The Morgan fingerprint density at radius 3 is 2.15 bits per heavy atom. The monoisotopic (exact) mass is 379 g/mol. The number of amides is 1. The maximum atomic E-state index is 12.5. The second kappa shape index (κ2) is 6.39. The summed E-state index contributed by atoms with van der Waals surface area (Å²) in [6.07, 6.45) is 0. The maximum Gasteiger partial charge on any atom is 0.254 e. The second-order valence-electron chi connectivity index (χ2n) is 5.01. The van der Waals surface area contributed by atoms with E-state index in [1.807, 2.05) is 31.3 Å². The second-order valence-corrected chi connectivity index (χ2v) is 6.26. The first kappa shape index (κ1) is 15.0. The summed E-state index contributed by atoms with van der Waals surface area (Å²) in [4.78, 5) is 14.2. The average molecular weight is 379 g/mol. The molecule has 0 N–H and O–H groups in total. The van der Waals surface area contributed by atoms with Gasteiger partial charge in [-0.2, -0.15) is 0 Å². The molecule has 0 aliphatic heterocycles. The SMILES string of the molecule is Cc1ccc(C(C)N(C)C(=O)c2ccc(I)cc2)cc1. The molecule has 104 valence electrons. The third-order valence-electron chi connectivity index (χ3n) is 3.55. The molecule has 0 aliphatic rings. The van der Waals surface area contributed by atoms with Crippen molar-refractivity contribution in [1.82, 2.24) is 4.90 Å². The highest BCUT2D eigenvalue weighted by molar-refractivity contribution is 14.1. The van der Waals surface area contributed by atoms with Crippen LogP contribution in [0.2, 0.25) is 0 Å². The van der Waals surface area contributed by atoms with E-state index < -0.39 is 0 Å². The largest absolute Gasteiger partial charge is 0.335 e. The number of benzene rings is 2. The van der Waals surface area contributed by atoms with E-state index in [0.29, 0.717) is 0 Å². The standard InChI is InChI=1S/C17H18INO/c1-12-4-6-14(7-5-12)13(2)19(3)17(20)15-8-10-16(18)11-9-15/h4-11,13H,1-3H3. The van der Waals surface area contributed by atoms with Gasteiger partial charge in [0, 0.05) is 16.2 Å². The molecule has 0 fully saturated rings. The smallest absolute Gasteiger partial charge is 0.254 e. The fourth-order valence-corrected chi connectivity index (χ4v) is 2.40. The zero-order valence-corrected chi connectivity index (χ0v) is 14.1. The molecule has 2 rings (SSSR count). The van der Waals surface area contributed by atoms with Crippen LogP contribution in [0.4, 0.5) is 0 Å². The number of aryl methyl sites for hydroxylation is 1. The Hall–Kier alpha value is -1.36. The van der Waals surface area contributed by atoms with Gasteiger partial charge in [-0.3, -0.25) is 4.79 Å². The van der Waals surface area contributed by atoms with Crippen molar-refractivity contribution < 1.29 is 4.79 Å². The third-order valence-corrected chi connectivity index (χ3v) is 4.27. The molecular weight excluding hydrogens is 361 g/mol. The molecule has 0 spiro atoms. The van der Waals surface area contributed by atoms with E-state index in [1.165, 1.54) is 5.56 Å². The van der Waals surface area contributed by atoms with Crippen molar-refractivity contribution >= 4 is 28.5 Å². The summed E-state index contributed by atoms with van der Waals surface area (Å²) in [5.41, 5.74) is 3.11. The highest BCUT2D eigenvalue weighted by atomic mass is 127. The van der Waals surface area contributed by atoms with Gasteiger partial charge in [0.15, 0.2) is 0 Å². The lowest BCUT2D eigenvalue weighted by Crippen LogP contribution is -2.29. The lowest BCUT2D eigenvalue weighted by Gasteiger charge is -2.25. The van der Waals surface area contributed by atoms with Crippen LogP contribution in [0.3, 0.4) is 0 Å². The number of hydrogen-bond acceptors (Lipinski definition) is 1. The van der Waals surface area contributed by atoms with E-state index in [9.17, 15) is 4.79 Å². The van der Waals surface area contributed by atoms with Gasteiger partial charge in [0.05, 0.1) is 6.04 Å². The summed E-state index contributed by atoms with van der Waals surface area (Å²) in [6, 6.07) is 16.0. The van der Waals surface area contributed by atoms with Crippen LogP contribution in [0.15, 0.2) is 48.5 Å². The molecule has 0 saturated carbocycles. The number of hydrogen-bond donors (Lipinski definition) is 0. The molecule has 0 radical (unpaired) electrons. The molecule has 2 aromatic carbocycles. The summed E-state index contributed by atoms with van der Waals surface area (Å²) in [5, 5.41) is 0. The Morgan fingerprint density at radius 2 is 1.60 bits per heavy atom. The summed E-state index contributed by atoms with van der Waals surface area (Å²) in [7, 11) is 1.85. The van der Waals surface area contributed by atoms with E-state index in [-0.39, 0.29) is 11.9 Å². The minimum atomic E-state index is 0.0504. The first-order valence-electron chi connectivity index (χ1n) is 6.58. The van der Waals surface area contributed by atoms with Gasteiger partial charge in [0.1, 0.15) is 0 Å². The molecule has 0 heterocycles. The predicted molar refractivity (Wildman–Crippen MR) is 90.8 cm³/mol. The number of carbonyl (C=O) groups is 1. The van der Waals surface area contributed by atoms with Crippen LogP contribution in [0.1, 0.15) is 34.5 Å². The highest BCUT2D eigenvalue weighted by Gasteiger charge is 2.18. The van der Waals surface area contributed by atoms with E-state index in [4.69, 9.17) is 0 Å². The van der Waals surface area contributed by atoms with E-state index in [0.717, 1.165) is 14.7 Å². The molecule has 0 aromatic heterocycles. The third kappa shape index (κ3) is 3.39. The Morgan fingerprint density at radius 1 is 1.05 bits per heavy atom. The number of rotatable bonds is 3. The Labute approximate surface area is 133 Å². The molecule has 0 aliphatic carbocycles. The van der Waals surface area contributed by atoms with Crippen LogP contribution in [-0.4, -0.2) is 17.9 Å². The molecule has 3 heteroatoms. The summed E-state index contributed by atoms with van der Waals surface area (Å²) >= 11 is 2.24. The maximum absolute atomic E-state index is 12.5. The minimum Gasteiger partial charge on any atom is -0.335 e. The summed E-state index contributed by atoms with van der Waals surface area (Å²) < 4.78 is 1.13. The highest BCUT2D eigenvalue weighted by Crippen LogP contribution is 2.21. The lowest BCUT2D eigenvalue weighted by molar-refractivity contribution is 0.0742. The number of carbonyl (C=O) groups excluding carboxylic acids is 1. The Balaban J connectivity index is 2.17. The van der Waals surface area contributed by atoms with Gasteiger partial charge < -0.3 is 4.90 Å². The molecular formula is C17H18INO. The zero-order valence-electron chi connectivity index (χ0n) is 11.9. The van der Waals surface area contributed by atoms with Crippen LogP contribution < -0.4 is 0 Å². The van der Waals surface area contributed by atoms with Crippen LogP contribution in [-0.2, 0) is 0 Å². The predicted octanol–water partition coefficient (Wildman–Crippen LogP) is 4.43. The van der Waals surface area contributed by atoms with Gasteiger partial charge in [-0.1, -0.05) is 29.8 Å². The minimum absolute atomic E-state index is 0.0504. The lowest BCUT2D eigenvalue weighted by atomic mass is 10.0. The molecule has 0 saturated heterocycles. The first-order valence-corrected chi connectivity index (χ1v) is 7.66. The Kier molecular flexibility index (Phi) is 4.81. The van der Waals surface area contributed by atoms with Crippen LogP contribution in [0.25, 0.3) is 0 Å². The van der Waals surface area contributed by atoms with Crippen molar-refractivity contribution in [2.75, 3.05) is 7.05 Å². The van der Waals surface area contributed by atoms with Crippen molar-refractivity contribution in [2.45, 2.75) is 19.9 Å². The van der Waals surface area contributed by atoms with Gasteiger partial charge in [0.2, 0.25) is 0 Å². The fraction of sp³-hybridized carbons (Fsp3) is 0.235. The van der Waals surface area contributed by atoms with Gasteiger partial charge in [-0.15, -0.1) is 0 Å². The topological polar surface area (TPSA) is 20.3 Å². The van der Waals surface area contributed by atoms with Gasteiger partial charge in [0.25, 0.3) is 5.91 Å². The average Bonchev–Trinajstić information content (AvgIpc) is 2.46. The molecule has 20 heavy (non-hydrogen) atoms. The van der Waals surface area contributed by atoms with Crippen LogP contribution in [0, 0.1) is 10.5 Å². The van der Waals surface area contributed by atoms with Crippen LogP contribution >= 0.6 is 22.6 Å². The molecule has 2 nitrogen and oxygen atoms in total. The van der Waals surface area contributed by atoms with Crippen molar-refractivity contribution in [3.8, 4) is 0 Å². The number of nitrogens with zero attached hydrogens (tertiary/aromatic N) is 1. The van der Waals surface area contributed by atoms with Crippen molar-refractivity contribution in [2.24, 2.45) is 0 Å². The molecule has 2 aromatic rings. The first-order chi connectivity index (χ1) is 9.49. The zero-order chi connectivity index (χ0) is 14.7. The van der Waals surface area contributed by atoms with Crippen LogP contribution in [0.5, 0.6) is 0 Å². The van der Waals surface area contributed by atoms with Gasteiger partial charge >= 0.3 is 0 Å². The van der Waals surface area contributed by atoms with Crippen molar-refractivity contribution in [1.29, 1.82) is 0 Å². The van der Waals surface area contributed by atoms with Gasteiger partial charge in [-0.05, 0) is 66.3 Å². The normalized spacial score (nSPS) is 12.0. The van der Waals surface area contributed by atoms with Crippen molar-refractivity contribution in [3.63, 3.8) is 0 Å². The quantitative estimate of drug-likeness (QED) is 0.723.